The third-order valence-corrected chi connectivity index (χ3v) is 13.1. The zero-order valence-corrected chi connectivity index (χ0v) is 34.5. The van der Waals surface area contributed by atoms with Gasteiger partial charge in [0.1, 0.15) is 11.2 Å². The molecule has 13 rings (SSSR count). The molecule has 1 heterocycles. The molecule has 2 aliphatic rings. The quantitative estimate of drug-likeness (QED) is 0.160. The lowest BCUT2D eigenvalue weighted by molar-refractivity contribution is 0.669. The number of hydrogen-bond donors (Lipinski definition) is 0. The Morgan fingerprint density at radius 2 is 0.859 bits per heavy atom. The predicted octanol–water partition coefficient (Wildman–Crippen LogP) is 16.5. The molecule has 0 aliphatic heterocycles. The van der Waals surface area contributed by atoms with Gasteiger partial charge in [0.15, 0.2) is 0 Å². The summed E-state index contributed by atoms with van der Waals surface area (Å²) >= 11 is 0. The van der Waals surface area contributed by atoms with Gasteiger partial charge in [-0.3, -0.25) is 0 Å². The Hall–Kier alpha value is -8.40. The first-order chi connectivity index (χ1) is 33.8. The molecule has 0 saturated carbocycles. The number of hydrogen-bond acceptors (Lipinski definition) is 3. The number of benzene rings is 10. The highest BCUT2D eigenvalue weighted by atomic mass is 16.3. The maximum Gasteiger partial charge on any atom is 0.137 e. The average Bonchev–Trinajstić information content (AvgIpc) is 4.03. The van der Waals surface area contributed by atoms with Crippen LogP contribution in [0.15, 0.2) is 247 Å². The van der Waals surface area contributed by atoms with Crippen LogP contribution in [0, 0.1) is 0 Å². The van der Waals surface area contributed by atoms with Crippen LogP contribution in [0.2, 0.25) is 0 Å². The third-order valence-electron chi connectivity index (χ3n) is 13.1. The normalized spacial score (nSPS) is 15.4. The third kappa shape index (κ3) is 5.34. The summed E-state index contributed by atoms with van der Waals surface area (Å²) in [6.45, 7) is 0. The molecule has 3 nitrogen and oxygen atoms in total. The molecule has 0 radical (unpaired) electrons. The van der Waals surface area contributed by atoms with Crippen molar-refractivity contribution in [1.29, 1.82) is 0 Å². The fraction of sp³-hybridized carbons (Fsp3) is 0.0164. The van der Waals surface area contributed by atoms with E-state index in [1.54, 1.807) is 0 Å². The van der Waals surface area contributed by atoms with Crippen LogP contribution in [0.25, 0.3) is 55.3 Å². The summed E-state index contributed by atoms with van der Waals surface area (Å²) in [5, 5.41) is 2.12. The summed E-state index contributed by atoms with van der Waals surface area (Å²) in [5.74, 6) is 0. The number of rotatable bonds is 7. The average molecular weight is 822 g/mol. The van der Waals surface area contributed by atoms with Gasteiger partial charge in [-0.15, -0.1) is 0 Å². The Morgan fingerprint density at radius 3 is 1.56 bits per heavy atom. The lowest BCUT2D eigenvalue weighted by atomic mass is 9.70. The molecule has 10 aromatic carbocycles. The second-order valence-corrected chi connectivity index (χ2v) is 16.4. The van der Waals surface area contributed by atoms with Crippen molar-refractivity contribution in [2.24, 2.45) is 0 Å². The monoisotopic (exact) mass is 821 g/mol. The van der Waals surface area contributed by atoms with Crippen molar-refractivity contribution in [3.8, 4) is 33.4 Å². The highest BCUT2D eigenvalue weighted by molar-refractivity contribution is 6.06. The fourth-order valence-electron chi connectivity index (χ4n) is 10.5. The van der Waals surface area contributed by atoms with Gasteiger partial charge in [0, 0.05) is 50.8 Å². The molecule has 1 aromatic heterocycles. The second kappa shape index (κ2) is 14.3. The molecular formula is C61H40N2O. The number of nitrogens with zero attached hydrogens (tertiary/aromatic N) is 2. The molecule has 11 aromatic rings. The van der Waals surface area contributed by atoms with E-state index in [0.717, 1.165) is 94.6 Å². The van der Waals surface area contributed by atoms with Gasteiger partial charge in [-0.1, -0.05) is 164 Å². The highest BCUT2D eigenvalue weighted by Gasteiger charge is 2.52. The molecule has 300 valence electrons. The van der Waals surface area contributed by atoms with Gasteiger partial charge in [0.05, 0.1) is 18.0 Å². The van der Waals surface area contributed by atoms with Crippen LogP contribution in [0.3, 0.4) is 0 Å². The summed E-state index contributed by atoms with van der Waals surface area (Å²) in [4.78, 5) is 4.16. The van der Waals surface area contributed by atoms with Gasteiger partial charge in [0.25, 0.3) is 0 Å². The SMILES string of the molecule is [2H]c1c([2H])c([2H])c(N(c2ccccc2)c2ccc3c(c2)C2(c4ccccc4-c4ccc(N(c5ccc6c(c5)oc5ccccc56)c5ccccc5-c5ccccc5)cc42)c2ccccc2-3)c([2H])c1[2H]. The van der Waals surface area contributed by atoms with E-state index in [2.05, 4.69) is 157 Å². The first kappa shape index (κ1) is 31.4. The maximum atomic E-state index is 9.20. The molecule has 1 unspecified atom stereocenters. The van der Waals surface area contributed by atoms with E-state index in [-0.39, 0.29) is 29.9 Å². The number of fused-ring (bicyclic) bond motifs is 13. The van der Waals surface area contributed by atoms with Gasteiger partial charge < -0.3 is 14.2 Å². The first-order valence-electron chi connectivity index (χ1n) is 24.1. The van der Waals surface area contributed by atoms with Crippen LogP contribution in [0.1, 0.15) is 29.1 Å². The van der Waals surface area contributed by atoms with Crippen LogP contribution in [-0.4, -0.2) is 0 Å². The van der Waals surface area contributed by atoms with Crippen molar-refractivity contribution in [2.75, 3.05) is 9.80 Å². The summed E-state index contributed by atoms with van der Waals surface area (Å²) in [6, 6.07) is 72.0. The summed E-state index contributed by atoms with van der Waals surface area (Å²) in [7, 11) is 0. The Balaban J connectivity index is 1.09. The lowest BCUT2D eigenvalue weighted by Crippen LogP contribution is -2.26. The minimum Gasteiger partial charge on any atom is -0.456 e. The van der Waals surface area contributed by atoms with E-state index in [9.17, 15) is 2.74 Å². The number of furan rings is 1. The molecule has 0 amide bonds. The molecule has 1 spiro atoms. The lowest BCUT2D eigenvalue weighted by Gasteiger charge is -2.33. The van der Waals surface area contributed by atoms with Crippen molar-refractivity contribution in [2.45, 2.75) is 5.41 Å². The molecule has 0 bridgehead atoms. The van der Waals surface area contributed by atoms with Crippen molar-refractivity contribution in [3.05, 3.63) is 265 Å². The van der Waals surface area contributed by atoms with E-state index in [0.29, 0.717) is 11.4 Å². The van der Waals surface area contributed by atoms with E-state index in [1.807, 2.05) is 65.6 Å². The Bertz CT molecular complexity index is 3850. The molecule has 0 fully saturated rings. The summed E-state index contributed by atoms with van der Waals surface area (Å²) in [5.41, 5.74) is 16.3. The second-order valence-electron chi connectivity index (χ2n) is 16.4. The van der Waals surface area contributed by atoms with E-state index in [1.165, 1.54) is 0 Å². The molecular weight excluding hydrogens is 777 g/mol. The first-order valence-corrected chi connectivity index (χ1v) is 21.6. The van der Waals surface area contributed by atoms with Crippen LogP contribution < -0.4 is 9.80 Å². The van der Waals surface area contributed by atoms with Gasteiger partial charge in [-0.25, -0.2) is 0 Å². The standard InChI is InChI=1S/C61H40N2O/c1-4-18-41(19-5-1)47-24-12-16-30-58(47)63(46-34-37-53-52-27-13-17-31-59(52)64-60(53)40-46)45-33-36-51-49-26-11-15-29-55(49)61(57(51)39-45)54-28-14-10-25-48(54)50-35-32-44(38-56(50)61)62(42-20-6-2-7-21-42)43-22-8-3-9-23-43/h1-40H/i2D,6D,7D,20D,21D. The molecule has 0 saturated heterocycles. The Labute approximate surface area is 379 Å². The topological polar surface area (TPSA) is 19.6 Å². The Morgan fingerprint density at radius 1 is 0.344 bits per heavy atom. The van der Waals surface area contributed by atoms with Crippen molar-refractivity contribution in [3.63, 3.8) is 0 Å². The Kier molecular flexibility index (Phi) is 7.04. The van der Waals surface area contributed by atoms with Crippen molar-refractivity contribution < 1.29 is 11.3 Å². The summed E-state index contributed by atoms with van der Waals surface area (Å²) in [6.07, 6.45) is 0. The summed E-state index contributed by atoms with van der Waals surface area (Å²) < 4.78 is 50.8. The highest BCUT2D eigenvalue weighted by Crippen LogP contribution is 2.64. The minimum atomic E-state index is -0.806. The van der Waals surface area contributed by atoms with Crippen molar-refractivity contribution in [1.82, 2.24) is 0 Å². The van der Waals surface area contributed by atoms with E-state index in [4.69, 9.17) is 8.53 Å². The predicted molar refractivity (Wildman–Crippen MR) is 265 cm³/mol. The number of para-hydroxylation sites is 4. The van der Waals surface area contributed by atoms with Crippen LogP contribution in [0.4, 0.5) is 34.1 Å². The largest absolute Gasteiger partial charge is 0.456 e. The van der Waals surface area contributed by atoms with Crippen molar-refractivity contribution >= 4 is 56.1 Å². The molecule has 64 heavy (non-hydrogen) atoms. The molecule has 3 heteroatoms. The van der Waals surface area contributed by atoms with E-state index < -0.39 is 11.5 Å². The minimum absolute atomic E-state index is 0.0837. The zero-order chi connectivity index (χ0) is 46.5. The fourth-order valence-corrected chi connectivity index (χ4v) is 10.5. The maximum absolute atomic E-state index is 9.20. The van der Waals surface area contributed by atoms with Gasteiger partial charge in [-0.05, 0) is 123 Å². The van der Waals surface area contributed by atoms with Gasteiger partial charge in [0.2, 0.25) is 0 Å². The molecule has 0 N–H and O–H groups in total. The molecule has 2 aliphatic carbocycles. The number of anilines is 6. The van der Waals surface area contributed by atoms with Crippen LogP contribution >= 0.6 is 0 Å². The van der Waals surface area contributed by atoms with Crippen LogP contribution in [-0.2, 0) is 5.41 Å². The van der Waals surface area contributed by atoms with Gasteiger partial charge >= 0.3 is 0 Å². The zero-order valence-electron chi connectivity index (χ0n) is 39.5. The van der Waals surface area contributed by atoms with Crippen LogP contribution in [0.5, 0.6) is 0 Å². The molecule has 1 atom stereocenters. The van der Waals surface area contributed by atoms with Gasteiger partial charge in [-0.2, -0.15) is 0 Å². The van der Waals surface area contributed by atoms with E-state index >= 15 is 0 Å². The smallest absolute Gasteiger partial charge is 0.137 e.